The fraction of sp³-hybridized carbons (Fsp3) is 0.333. The van der Waals surface area contributed by atoms with Gasteiger partial charge >= 0.3 is 5.97 Å². The highest BCUT2D eigenvalue weighted by atomic mass is 32.1. The first-order chi connectivity index (χ1) is 11.7. The average molecular weight is 344 g/mol. The summed E-state index contributed by atoms with van der Waals surface area (Å²) in [5, 5.41) is 5.35. The molecular formula is C18H20N2O3S. The number of para-hydroxylation sites is 1. The van der Waals surface area contributed by atoms with E-state index in [1.807, 2.05) is 29.6 Å². The van der Waals surface area contributed by atoms with Crippen LogP contribution in [0.2, 0.25) is 0 Å². The van der Waals surface area contributed by atoms with Gasteiger partial charge < -0.3 is 15.0 Å². The molecule has 1 aliphatic heterocycles. The van der Waals surface area contributed by atoms with Gasteiger partial charge in [0, 0.05) is 23.7 Å². The van der Waals surface area contributed by atoms with Crippen LogP contribution in [0.15, 0.2) is 41.8 Å². The van der Waals surface area contributed by atoms with Crippen LogP contribution in [-0.4, -0.2) is 36.5 Å². The summed E-state index contributed by atoms with van der Waals surface area (Å²) in [5.74, 6) is -0.470. The Balaban J connectivity index is 1.78. The van der Waals surface area contributed by atoms with Crippen molar-refractivity contribution in [3.05, 3.63) is 52.2 Å². The molecule has 0 radical (unpaired) electrons. The number of nitrogens with zero attached hydrogens (tertiary/aromatic N) is 1. The Morgan fingerprint density at radius 3 is 2.88 bits per heavy atom. The molecule has 0 unspecified atom stereocenters. The number of ether oxygens (including phenoxy) is 1. The van der Waals surface area contributed by atoms with Gasteiger partial charge in [-0.15, -0.1) is 11.3 Å². The van der Waals surface area contributed by atoms with Gasteiger partial charge in [-0.25, -0.2) is 4.79 Å². The van der Waals surface area contributed by atoms with Crippen molar-refractivity contribution in [1.82, 2.24) is 4.90 Å². The molecule has 1 N–H and O–H groups in total. The van der Waals surface area contributed by atoms with Crippen molar-refractivity contribution in [2.24, 2.45) is 0 Å². The summed E-state index contributed by atoms with van der Waals surface area (Å²) in [7, 11) is 1.36. The van der Waals surface area contributed by atoms with E-state index in [2.05, 4.69) is 11.4 Å². The summed E-state index contributed by atoms with van der Waals surface area (Å²) < 4.78 is 4.83. The molecule has 6 heteroatoms. The second-order valence-electron chi connectivity index (χ2n) is 5.66. The molecule has 126 valence electrons. The van der Waals surface area contributed by atoms with Gasteiger partial charge in [0.1, 0.15) is 6.04 Å². The number of nitrogens with one attached hydrogen (secondary N) is 1. The van der Waals surface area contributed by atoms with Crippen molar-refractivity contribution in [2.45, 2.75) is 25.4 Å². The first-order valence-corrected chi connectivity index (χ1v) is 8.82. The Kier molecular flexibility index (Phi) is 5.15. The first kappa shape index (κ1) is 16.5. The molecule has 1 atom stereocenters. The highest BCUT2D eigenvalue weighted by Crippen LogP contribution is 2.25. The lowest BCUT2D eigenvalue weighted by Crippen LogP contribution is -2.41. The van der Waals surface area contributed by atoms with E-state index in [0.717, 1.165) is 12.1 Å². The average Bonchev–Trinajstić information content (AvgIpc) is 3.30. The third kappa shape index (κ3) is 3.43. The first-order valence-electron chi connectivity index (χ1n) is 7.95. The molecule has 1 aliphatic rings. The summed E-state index contributed by atoms with van der Waals surface area (Å²) in [5.41, 5.74) is 1.37. The monoisotopic (exact) mass is 344 g/mol. The van der Waals surface area contributed by atoms with Gasteiger partial charge in [-0.3, -0.25) is 4.79 Å². The SMILES string of the molecule is COC(=O)[C@@H]1CCCN1C(=O)c1ccccc1NCc1cccs1. The fourth-order valence-electron chi connectivity index (χ4n) is 2.96. The number of likely N-dealkylation sites (tertiary alicyclic amines) is 1. The van der Waals surface area contributed by atoms with E-state index in [4.69, 9.17) is 4.74 Å². The number of anilines is 1. The minimum absolute atomic E-state index is 0.128. The van der Waals surface area contributed by atoms with Crippen LogP contribution in [-0.2, 0) is 16.1 Å². The highest BCUT2D eigenvalue weighted by Gasteiger charge is 2.35. The lowest BCUT2D eigenvalue weighted by molar-refractivity contribution is -0.145. The van der Waals surface area contributed by atoms with E-state index in [-0.39, 0.29) is 11.9 Å². The number of esters is 1. The van der Waals surface area contributed by atoms with Gasteiger partial charge in [-0.2, -0.15) is 0 Å². The van der Waals surface area contributed by atoms with Crippen LogP contribution in [0.5, 0.6) is 0 Å². The molecule has 2 heterocycles. The van der Waals surface area contributed by atoms with E-state index >= 15 is 0 Å². The van der Waals surface area contributed by atoms with Gasteiger partial charge in [0.05, 0.1) is 12.7 Å². The number of methoxy groups -OCH3 is 1. The summed E-state index contributed by atoms with van der Waals surface area (Å²) in [6.45, 7) is 1.25. The molecule has 0 bridgehead atoms. The second-order valence-corrected chi connectivity index (χ2v) is 6.69. The maximum Gasteiger partial charge on any atom is 0.328 e. The normalized spacial score (nSPS) is 16.9. The molecule has 24 heavy (non-hydrogen) atoms. The van der Waals surface area contributed by atoms with E-state index in [1.54, 1.807) is 22.3 Å². The van der Waals surface area contributed by atoms with Crippen LogP contribution < -0.4 is 5.32 Å². The minimum atomic E-state index is -0.479. The zero-order valence-corrected chi connectivity index (χ0v) is 14.3. The molecule has 2 aromatic rings. The van der Waals surface area contributed by atoms with Crippen LogP contribution in [0.1, 0.15) is 28.1 Å². The number of carbonyl (C=O) groups excluding carboxylic acids is 2. The van der Waals surface area contributed by atoms with Gasteiger partial charge in [-0.05, 0) is 36.4 Å². The number of rotatable bonds is 5. The van der Waals surface area contributed by atoms with Crippen LogP contribution in [0.25, 0.3) is 0 Å². The Labute approximate surface area is 145 Å². The molecule has 1 saturated heterocycles. The van der Waals surface area contributed by atoms with E-state index < -0.39 is 6.04 Å². The largest absolute Gasteiger partial charge is 0.467 e. The Bertz CT molecular complexity index is 715. The number of benzene rings is 1. The van der Waals surface area contributed by atoms with Crippen molar-refractivity contribution in [1.29, 1.82) is 0 Å². The lowest BCUT2D eigenvalue weighted by Gasteiger charge is -2.24. The number of carbonyl (C=O) groups is 2. The molecule has 0 aliphatic carbocycles. The third-order valence-electron chi connectivity index (χ3n) is 4.18. The predicted molar refractivity (Wildman–Crippen MR) is 94.2 cm³/mol. The summed E-state index contributed by atoms with van der Waals surface area (Å²) in [4.78, 5) is 27.7. The third-order valence-corrected chi connectivity index (χ3v) is 5.05. The number of amides is 1. The molecule has 1 aromatic carbocycles. The van der Waals surface area contributed by atoms with E-state index in [9.17, 15) is 9.59 Å². The molecule has 1 amide bonds. The highest BCUT2D eigenvalue weighted by molar-refractivity contribution is 7.09. The van der Waals surface area contributed by atoms with Gasteiger partial charge in [0.15, 0.2) is 0 Å². The molecule has 0 saturated carbocycles. The molecule has 3 rings (SSSR count). The number of hydrogen-bond donors (Lipinski definition) is 1. The zero-order chi connectivity index (χ0) is 16.9. The van der Waals surface area contributed by atoms with Gasteiger partial charge in [0.2, 0.25) is 0 Å². The smallest absolute Gasteiger partial charge is 0.328 e. The zero-order valence-electron chi connectivity index (χ0n) is 13.5. The standard InChI is InChI=1S/C18H20N2O3S/c1-23-18(22)16-9-4-10-20(16)17(21)14-7-2-3-8-15(14)19-12-13-6-5-11-24-13/h2-3,5-8,11,16,19H,4,9-10,12H2,1H3/t16-/m0/s1. The fourth-order valence-corrected chi connectivity index (χ4v) is 3.61. The van der Waals surface area contributed by atoms with Crippen molar-refractivity contribution >= 4 is 28.9 Å². The van der Waals surface area contributed by atoms with Crippen LogP contribution >= 0.6 is 11.3 Å². The molecule has 5 nitrogen and oxygen atoms in total. The maximum atomic E-state index is 12.9. The van der Waals surface area contributed by atoms with Crippen molar-refractivity contribution in [2.75, 3.05) is 19.0 Å². The summed E-state index contributed by atoms with van der Waals surface area (Å²) >= 11 is 1.67. The molecular weight excluding hydrogens is 324 g/mol. The Morgan fingerprint density at radius 2 is 2.12 bits per heavy atom. The van der Waals surface area contributed by atoms with Gasteiger partial charge in [0.25, 0.3) is 5.91 Å². The minimum Gasteiger partial charge on any atom is -0.467 e. The quantitative estimate of drug-likeness (QED) is 0.847. The van der Waals surface area contributed by atoms with Crippen LogP contribution in [0.3, 0.4) is 0 Å². The maximum absolute atomic E-state index is 12.9. The second kappa shape index (κ2) is 7.49. The van der Waals surface area contributed by atoms with Crippen LogP contribution in [0.4, 0.5) is 5.69 Å². The summed E-state index contributed by atoms with van der Waals surface area (Å²) in [6, 6.07) is 11.0. The van der Waals surface area contributed by atoms with Gasteiger partial charge in [-0.1, -0.05) is 18.2 Å². The van der Waals surface area contributed by atoms with Crippen LogP contribution in [0, 0.1) is 0 Å². The van der Waals surface area contributed by atoms with Crippen molar-refractivity contribution in [3.8, 4) is 0 Å². The molecule has 1 aromatic heterocycles. The molecule has 1 fully saturated rings. The Morgan fingerprint density at radius 1 is 1.29 bits per heavy atom. The van der Waals surface area contributed by atoms with Crippen molar-refractivity contribution in [3.63, 3.8) is 0 Å². The predicted octanol–water partition coefficient (Wildman–Crippen LogP) is 3.14. The Hall–Kier alpha value is -2.34. The van der Waals surface area contributed by atoms with E-state index in [1.165, 1.54) is 12.0 Å². The number of hydrogen-bond acceptors (Lipinski definition) is 5. The number of thiophene rings is 1. The topological polar surface area (TPSA) is 58.6 Å². The van der Waals surface area contributed by atoms with E-state index in [0.29, 0.717) is 25.1 Å². The summed E-state index contributed by atoms with van der Waals surface area (Å²) in [6.07, 6.45) is 1.47. The molecule has 0 spiro atoms. The lowest BCUT2D eigenvalue weighted by atomic mass is 10.1. The van der Waals surface area contributed by atoms with Crippen molar-refractivity contribution < 1.29 is 14.3 Å².